The minimum absolute atomic E-state index is 0.175. The van der Waals surface area contributed by atoms with Crippen molar-refractivity contribution in [1.29, 1.82) is 0 Å². The first-order valence-corrected chi connectivity index (χ1v) is 10.1. The summed E-state index contributed by atoms with van der Waals surface area (Å²) in [5, 5.41) is 0. The number of ether oxygens (including phenoxy) is 2. The molecular formula is C19H27F9O2. The lowest BCUT2D eigenvalue weighted by Gasteiger charge is -2.42. The number of hydrogen-bond donors (Lipinski definition) is 0. The van der Waals surface area contributed by atoms with Crippen molar-refractivity contribution in [3.8, 4) is 0 Å². The Kier molecular flexibility index (Phi) is 7.39. The van der Waals surface area contributed by atoms with E-state index in [9.17, 15) is 35.1 Å². The second kappa shape index (κ2) is 8.67. The Morgan fingerprint density at radius 1 is 0.900 bits per heavy atom. The highest BCUT2D eigenvalue weighted by atomic mass is 19.4. The minimum atomic E-state index is -6.00. The van der Waals surface area contributed by atoms with Gasteiger partial charge < -0.3 is 9.47 Å². The third-order valence-corrected chi connectivity index (χ3v) is 6.54. The van der Waals surface area contributed by atoms with Crippen LogP contribution in [-0.2, 0) is 9.47 Å². The van der Waals surface area contributed by atoms with Crippen LogP contribution in [0, 0.1) is 11.8 Å². The zero-order valence-corrected chi connectivity index (χ0v) is 16.8. The van der Waals surface area contributed by atoms with E-state index in [0.29, 0.717) is 12.8 Å². The monoisotopic (exact) mass is 458 g/mol. The van der Waals surface area contributed by atoms with E-state index in [4.69, 9.17) is 4.74 Å². The summed E-state index contributed by atoms with van der Waals surface area (Å²) in [6, 6.07) is 0. The second-order valence-electron chi connectivity index (χ2n) is 8.41. The summed E-state index contributed by atoms with van der Waals surface area (Å²) >= 11 is 0. The van der Waals surface area contributed by atoms with Crippen molar-refractivity contribution >= 4 is 0 Å². The van der Waals surface area contributed by atoms with Crippen LogP contribution >= 0.6 is 0 Å². The van der Waals surface area contributed by atoms with Gasteiger partial charge in [-0.2, -0.15) is 26.3 Å². The van der Waals surface area contributed by atoms with Crippen LogP contribution in [0.2, 0.25) is 0 Å². The van der Waals surface area contributed by atoms with E-state index in [1.807, 2.05) is 0 Å². The van der Waals surface area contributed by atoms with Gasteiger partial charge in [0.2, 0.25) is 0 Å². The summed E-state index contributed by atoms with van der Waals surface area (Å²) in [5.74, 6) is -8.34. The maximum absolute atomic E-state index is 15.1. The Morgan fingerprint density at radius 2 is 1.43 bits per heavy atom. The van der Waals surface area contributed by atoms with Gasteiger partial charge in [0.1, 0.15) is 6.79 Å². The summed E-state index contributed by atoms with van der Waals surface area (Å²) in [4.78, 5) is 0. The Labute approximate surface area is 169 Å². The molecule has 2 saturated carbocycles. The fraction of sp³-hybridized carbons (Fsp3) is 1.00. The van der Waals surface area contributed by atoms with Crippen LogP contribution in [0.1, 0.15) is 65.2 Å². The highest BCUT2D eigenvalue weighted by Crippen LogP contribution is 2.61. The van der Waals surface area contributed by atoms with Crippen molar-refractivity contribution in [2.75, 3.05) is 6.79 Å². The molecule has 0 heterocycles. The molecule has 178 valence electrons. The zero-order chi connectivity index (χ0) is 23.0. The predicted octanol–water partition coefficient (Wildman–Crippen LogP) is 6.97. The number of hydrogen-bond acceptors (Lipinski definition) is 2. The lowest BCUT2D eigenvalue weighted by molar-refractivity contribution is -0.411. The van der Waals surface area contributed by atoms with Crippen molar-refractivity contribution in [1.82, 2.24) is 0 Å². The predicted molar refractivity (Wildman–Crippen MR) is 89.7 cm³/mol. The molecule has 3 atom stereocenters. The maximum Gasteiger partial charge on any atom is 0.426 e. The first-order chi connectivity index (χ1) is 13.6. The van der Waals surface area contributed by atoms with Gasteiger partial charge in [-0.1, -0.05) is 32.6 Å². The fourth-order valence-electron chi connectivity index (χ4n) is 4.84. The molecule has 2 fully saturated rings. The van der Waals surface area contributed by atoms with Gasteiger partial charge in [0.15, 0.2) is 5.67 Å². The van der Waals surface area contributed by atoms with E-state index in [2.05, 4.69) is 4.74 Å². The molecular weight excluding hydrogens is 431 g/mol. The first-order valence-electron chi connectivity index (χ1n) is 10.1. The molecule has 3 unspecified atom stereocenters. The average molecular weight is 458 g/mol. The normalized spacial score (nSPS) is 30.1. The number of alkyl halides is 9. The summed E-state index contributed by atoms with van der Waals surface area (Å²) in [5.41, 5.74) is -8.29. The van der Waals surface area contributed by atoms with Gasteiger partial charge in [0, 0.05) is 12.8 Å². The quantitative estimate of drug-likeness (QED) is 0.303. The van der Waals surface area contributed by atoms with Gasteiger partial charge in [-0.25, -0.2) is 13.2 Å². The van der Waals surface area contributed by atoms with Crippen LogP contribution < -0.4 is 0 Å². The lowest BCUT2D eigenvalue weighted by Crippen LogP contribution is -2.63. The van der Waals surface area contributed by atoms with Crippen molar-refractivity contribution < 1.29 is 49.0 Å². The molecule has 0 amide bonds. The van der Waals surface area contributed by atoms with Crippen LogP contribution in [0.3, 0.4) is 0 Å². The summed E-state index contributed by atoms with van der Waals surface area (Å²) in [6.07, 6.45) is -12.2. The number of halogens is 9. The molecule has 0 N–H and O–H groups in total. The molecule has 0 aromatic rings. The maximum atomic E-state index is 15.1. The molecule has 2 rings (SSSR count). The van der Waals surface area contributed by atoms with Gasteiger partial charge in [-0.3, -0.25) is 0 Å². The Morgan fingerprint density at radius 3 is 1.83 bits per heavy atom. The molecule has 2 aliphatic rings. The molecule has 2 nitrogen and oxygen atoms in total. The van der Waals surface area contributed by atoms with E-state index >= 15 is 4.39 Å². The summed E-state index contributed by atoms with van der Waals surface area (Å²) in [6.45, 7) is 0.121. The Balaban J connectivity index is 2.36. The molecule has 11 heteroatoms. The van der Waals surface area contributed by atoms with E-state index in [1.54, 1.807) is 0 Å². The molecule has 0 bridgehead atoms. The van der Waals surface area contributed by atoms with E-state index in [-0.39, 0.29) is 13.3 Å². The first kappa shape index (κ1) is 25.5. The average Bonchev–Trinajstić information content (AvgIpc) is 2.95. The molecule has 0 aliphatic heterocycles. The van der Waals surface area contributed by atoms with E-state index < -0.39 is 67.1 Å². The zero-order valence-electron chi connectivity index (χ0n) is 16.8. The summed E-state index contributed by atoms with van der Waals surface area (Å²) in [7, 11) is 0. The third-order valence-electron chi connectivity index (χ3n) is 6.54. The number of rotatable bonds is 7. The van der Waals surface area contributed by atoms with Gasteiger partial charge in [-0.05, 0) is 31.6 Å². The van der Waals surface area contributed by atoms with E-state index in [1.165, 1.54) is 6.92 Å². The van der Waals surface area contributed by atoms with Gasteiger partial charge in [0.25, 0.3) is 11.5 Å². The van der Waals surface area contributed by atoms with Crippen molar-refractivity contribution in [3.05, 3.63) is 0 Å². The fourth-order valence-corrected chi connectivity index (χ4v) is 4.84. The Bertz CT molecular complexity index is 550. The molecule has 0 aromatic heterocycles. The highest BCUT2D eigenvalue weighted by molar-refractivity contribution is 5.12. The van der Waals surface area contributed by atoms with Crippen molar-refractivity contribution in [2.45, 2.75) is 101 Å². The standard InChI is InChI=1S/C19H27F9O2/c1-3-12-9-13(10-16(12,22)15(2,20)21)17(18(23,24)25,19(26,27)28)30-11-29-14-7-5-4-6-8-14/h12-14H,3-11H2,1-2H3. The largest absolute Gasteiger partial charge is 0.426 e. The smallest absolute Gasteiger partial charge is 0.352 e. The van der Waals surface area contributed by atoms with Crippen LogP contribution in [0.25, 0.3) is 0 Å². The summed E-state index contributed by atoms with van der Waals surface area (Å²) < 4.78 is 135. The SMILES string of the molecule is CCC1CC(C(OCOC2CCCCC2)(C(F)(F)F)C(F)(F)F)CC1(F)C(C)(F)F. The van der Waals surface area contributed by atoms with Gasteiger partial charge in [0.05, 0.1) is 6.10 Å². The molecule has 0 saturated heterocycles. The molecule has 0 radical (unpaired) electrons. The van der Waals surface area contributed by atoms with Gasteiger partial charge in [-0.15, -0.1) is 0 Å². The Hall–Kier alpha value is -0.710. The van der Waals surface area contributed by atoms with Crippen LogP contribution in [0.4, 0.5) is 39.5 Å². The van der Waals surface area contributed by atoms with Crippen LogP contribution in [0.5, 0.6) is 0 Å². The van der Waals surface area contributed by atoms with Gasteiger partial charge >= 0.3 is 12.4 Å². The van der Waals surface area contributed by atoms with Crippen LogP contribution in [-0.4, -0.2) is 42.4 Å². The minimum Gasteiger partial charge on any atom is -0.352 e. The molecule has 30 heavy (non-hydrogen) atoms. The molecule has 0 aromatic carbocycles. The van der Waals surface area contributed by atoms with Crippen molar-refractivity contribution in [3.63, 3.8) is 0 Å². The highest BCUT2D eigenvalue weighted by Gasteiger charge is 2.79. The topological polar surface area (TPSA) is 18.5 Å². The third kappa shape index (κ3) is 4.56. The van der Waals surface area contributed by atoms with Crippen LogP contribution in [0.15, 0.2) is 0 Å². The lowest BCUT2D eigenvalue weighted by atomic mass is 9.82. The van der Waals surface area contributed by atoms with E-state index in [0.717, 1.165) is 19.3 Å². The van der Waals surface area contributed by atoms with Crippen molar-refractivity contribution in [2.24, 2.45) is 11.8 Å². The molecule has 0 spiro atoms. The molecule has 2 aliphatic carbocycles. The second-order valence-corrected chi connectivity index (χ2v) is 8.41.